The first-order chi connectivity index (χ1) is 9.61. The number of nitrogens with one attached hydrogen (secondary N) is 1. The molecule has 0 aromatic carbocycles. The number of hydrogen-bond acceptors (Lipinski definition) is 2. The van der Waals surface area contributed by atoms with Crippen LogP contribution < -0.4 is 5.32 Å². The van der Waals surface area contributed by atoms with Gasteiger partial charge < -0.3 is 10.2 Å². The van der Waals surface area contributed by atoms with Crippen LogP contribution in [0.25, 0.3) is 0 Å². The molecule has 120 valence electrons. The maximum Gasteiger partial charge on any atom is 0.246 e. The second-order valence-electron chi connectivity index (χ2n) is 7.89. The van der Waals surface area contributed by atoms with E-state index >= 15 is 0 Å². The second kappa shape index (κ2) is 4.99. The van der Waals surface area contributed by atoms with E-state index in [1.807, 2.05) is 18.7 Å². The van der Waals surface area contributed by atoms with Gasteiger partial charge in [0.05, 0.1) is 0 Å². The van der Waals surface area contributed by atoms with Gasteiger partial charge in [-0.3, -0.25) is 9.59 Å². The van der Waals surface area contributed by atoms with Gasteiger partial charge in [0.15, 0.2) is 0 Å². The molecule has 1 saturated heterocycles. The van der Waals surface area contributed by atoms with E-state index in [2.05, 4.69) is 39.9 Å². The highest BCUT2D eigenvalue weighted by Crippen LogP contribution is 2.66. The summed E-state index contributed by atoms with van der Waals surface area (Å²) in [6.07, 6.45) is 1.56. The summed E-state index contributed by atoms with van der Waals surface area (Å²) in [6, 6.07) is -0.526. The van der Waals surface area contributed by atoms with Gasteiger partial charge in [-0.1, -0.05) is 54.9 Å². The van der Waals surface area contributed by atoms with Crippen molar-refractivity contribution in [1.82, 2.24) is 10.2 Å². The van der Waals surface area contributed by atoms with Gasteiger partial charge in [-0.15, -0.1) is 0 Å². The molecule has 0 aromatic rings. The molecule has 1 heterocycles. The Bertz CT molecular complexity index is 442. The lowest BCUT2D eigenvalue weighted by Crippen LogP contribution is -2.66. The van der Waals surface area contributed by atoms with E-state index in [1.165, 1.54) is 0 Å². The van der Waals surface area contributed by atoms with Gasteiger partial charge in [0.1, 0.15) is 12.1 Å². The predicted molar refractivity (Wildman–Crippen MR) is 83.7 cm³/mol. The van der Waals surface area contributed by atoms with E-state index in [0.717, 1.165) is 6.42 Å². The molecule has 2 fully saturated rings. The Morgan fingerprint density at radius 2 is 1.67 bits per heavy atom. The van der Waals surface area contributed by atoms with Crippen LogP contribution in [-0.2, 0) is 9.59 Å². The van der Waals surface area contributed by atoms with Crippen molar-refractivity contribution in [3.05, 3.63) is 0 Å². The van der Waals surface area contributed by atoms with Crippen LogP contribution >= 0.6 is 0 Å². The highest BCUT2D eigenvalue weighted by Gasteiger charge is 2.70. The fraction of sp³-hybridized carbons (Fsp3) is 0.882. The topological polar surface area (TPSA) is 49.4 Å². The van der Waals surface area contributed by atoms with Crippen LogP contribution in [-0.4, -0.2) is 34.8 Å². The molecule has 0 spiro atoms. The van der Waals surface area contributed by atoms with E-state index in [9.17, 15) is 9.59 Å². The molecule has 1 aliphatic carbocycles. The number of nitrogens with zero attached hydrogens (tertiary/aromatic N) is 1. The van der Waals surface area contributed by atoms with Crippen LogP contribution in [0.2, 0.25) is 0 Å². The molecule has 1 N–H and O–H groups in total. The molecule has 1 saturated carbocycles. The Balaban J connectivity index is 2.35. The highest BCUT2D eigenvalue weighted by molar-refractivity contribution is 5.97. The molecule has 3 atom stereocenters. The van der Waals surface area contributed by atoms with Gasteiger partial charge in [0, 0.05) is 6.04 Å². The number of hydrogen-bond donors (Lipinski definition) is 1. The van der Waals surface area contributed by atoms with Crippen molar-refractivity contribution in [3.63, 3.8) is 0 Å². The number of rotatable bonds is 4. The van der Waals surface area contributed by atoms with Gasteiger partial charge >= 0.3 is 0 Å². The van der Waals surface area contributed by atoms with Gasteiger partial charge in [0.2, 0.25) is 11.8 Å². The minimum atomic E-state index is -0.363. The molecule has 21 heavy (non-hydrogen) atoms. The monoisotopic (exact) mass is 294 g/mol. The third-order valence-corrected chi connectivity index (χ3v) is 6.28. The summed E-state index contributed by atoms with van der Waals surface area (Å²) < 4.78 is 0. The van der Waals surface area contributed by atoms with E-state index in [0.29, 0.717) is 6.42 Å². The highest BCUT2D eigenvalue weighted by atomic mass is 16.2. The Labute approximate surface area is 128 Å². The summed E-state index contributed by atoms with van der Waals surface area (Å²) in [6.45, 7) is 14.9. The maximum absolute atomic E-state index is 13.0. The summed E-state index contributed by atoms with van der Waals surface area (Å²) in [5.41, 5.74) is 0.126. The van der Waals surface area contributed by atoms with Crippen LogP contribution in [0, 0.1) is 16.7 Å². The quantitative estimate of drug-likeness (QED) is 0.866. The Morgan fingerprint density at radius 1 is 1.14 bits per heavy atom. The minimum absolute atomic E-state index is 0.0147. The number of carbonyl (C=O) groups excluding carboxylic acids is 2. The van der Waals surface area contributed by atoms with Crippen molar-refractivity contribution in [2.24, 2.45) is 16.7 Å². The van der Waals surface area contributed by atoms with Crippen molar-refractivity contribution < 1.29 is 9.59 Å². The normalized spacial score (nSPS) is 32.8. The summed E-state index contributed by atoms with van der Waals surface area (Å²) in [5, 5.41) is 2.96. The zero-order valence-corrected chi connectivity index (χ0v) is 14.5. The number of piperazine rings is 1. The lowest BCUT2D eigenvalue weighted by Gasteiger charge is -2.42. The fourth-order valence-corrected chi connectivity index (χ4v) is 3.92. The number of carbonyl (C=O) groups is 2. The average molecular weight is 294 g/mol. The zero-order chi connectivity index (χ0) is 16.2. The van der Waals surface area contributed by atoms with Gasteiger partial charge in [-0.25, -0.2) is 0 Å². The van der Waals surface area contributed by atoms with Gasteiger partial charge in [-0.2, -0.15) is 0 Å². The van der Waals surface area contributed by atoms with Crippen LogP contribution in [0.15, 0.2) is 0 Å². The largest absolute Gasteiger partial charge is 0.342 e. The summed E-state index contributed by atoms with van der Waals surface area (Å²) in [5.74, 6) is 0.298. The van der Waals surface area contributed by atoms with E-state index in [-0.39, 0.29) is 46.7 Å². The van der Waals surface area contributed by atoms with Gasteiger partial charge in [0.25, 0.3) is 0 Å². The standard InChI is InChI=1S/C17H30N2O2/c1-8-10(3)12-14(21)19(11(9-2)13(20)18-12)15-16(4,5)17(15,6)7/h10-12,15H,8-9H2,1-7H3,(H,18,20). The molecule has 2 amide bonds. The molecule has 0 radical (unpaired) electrons. The van der Waals surface area contributed by atoms with Crippen molar-refractivity contribution in [2.45, 2.75) is 79.4 Å². The Hall–Kier alpha value is -1.06. The van der Waals surface area contributed by atoms with Crippen molar-refractivity contribution >= 4 is 11.8 Å². The molecular weight excluding hydrogens is 264 g/mol. The van der Waals surface area contributed by atoms with Crippen molar-refractivity contribution in [1.29, 1.82) is 0 Å². The fourth-order valence-electron chi connectivity index (χ4n) is 3.92. The molecule has 1 aliphatic heterocycles. The third kappa shape index (κ3) is 2.18. The molecule has 3 unspecified atom stereocenters. The first-order valence-electron chi connectivity index (χ1n) is 8.23. The van der Waals surface area contributed by atoms with Crippen LogP contribution in [0.4, 0.5) is 0 Å². The molecule has 0 bridgehead atoms. The van der Waals surface area contributed by atoms with Crippen molar-refractivity contribution in [2.75, 3.05) is 0 Å². The molecule has 4 nitrogen and oxygen atoms in total. The lowest BCUT2D eigenvalue weighted by atomic mass is 9.93. The molecule has 2 aliphatic rings. The predicted octanol–water partition coefficient (Wildman–Crippen LogP) is 2.57. The molecule has 0 aromatic heterocycles. The smallest absolute Gasteiger partial charge is 0.246 e. The Morgan fingerprint density at radius 3 is 2.05 bits per heavy atom. The summed E-state index contributed by atoms with van der Waals surface area (Å²) in [7, 11) is 0. The van der Waals surface area contributed by atoms with Crippen molar-refractivity contribution in [3.8, 4) is 0 Å². The van der Waals surface area contributed by atoms with E-state index < -0.39 is 0 Å². The van der Waals surface area contributed by atoms with Crippen LogP contribution in [0.3, 0.4) is 0 Å². The SMILES string of the molecule is CCC(C)C1NC(=O)C(CC)N(C2C(C)(C)C2(C)C)C1=O. The van der Waals surface area contributed by atoms with Crippen LogP contribution in [0.5, 0.6) is 0 Å². The second-order valence-corrected chi connectivity index (χ2v) is 7.89. The van der Waals surface area contributed by atoms with Crippen LogP contribution in [0.1, 0.15) is 61.3 Å². The molecule has 4 heteroatoms. The van der Waals surface area contributed by atoms with E-state index in [1.54, 1.807) is 0 Å². The summed E-state index contributed by atoms with van der Waals surface area (Å²) >= 11 is 0. The lowest BCUT2D eigenvalue weighted by molar-refractivity contribution is -0.152. The Kier molecular flexibility index (Phi) is 3.88. The van der Waals surface area contributed by atoms with E-state index in [4.69, 9.17) is 0 Å². The maximum atomic E-state index is 13.0. The van der Waals surface area contributed by atoms with Gasteiger partial charge in [-0.05, 0) is 23.2 Å². The minimum Gasteiger partial charge on any atom is -0.342 e. The average Bonchev–Trinajstić information content (AvgIpc) is 2.81. The third-order valence-electron chi connectivity index (χ3n) is 6.28. The molecular formula is C17H30N2O2. The first kappa shape index (κ1) is 16.3. The zero-order valence-electron chi connectivity index (χ0n) is 14.5. The summed E-state index contributed by atoms with van der Waals surface area (Å²) in [4.78, 5) is 27.4. The molecule has 2 rings (SSSR count). The number of amides is 2. The first-order valence-corrected chi connectivity index (χ1v) is 8.23.